The lowest BCUT2D eigenvalue weighted by atomic mass is 9.98. The van der Waals surface area contributed by atoms with Gasteiger partial charge in [-0.05, 0) is 37.4 Å². The van der Waals surface area contributed by atoms with Gasteiger partial charge in [0.1, 0.15) is 0 Å². The standard InChI is InChI=1S/C11H21Cl2F2N2.ClH/c1-10(2,16(12)13)4-7-17(3)8-5-11(14,15)6-9-17;/h4-9H2,1-3H3;1H/q+1;/p-1. The Balaban J connectivity index is 0.00000289. The third-order valence-corrected chi connectivity index (χ3v) is 4.67. The maximum atomic E-state index is 13.1. The molecule has 1 saturated heterocycles. The molecule has 1 fully saturated rings. The molecule has 0 N–H and O–H groups in total. The quantitative estimate of drug-likeness (QED) is 0.542. The fourth-order valence-corrected chi connectivity index (χ4v) is 2.12. The summed E-state index contributed by atoms with van der Waals surface area (Å²) in [4.78, 5) is 0. The topological polar surface area (TPSA) is 3.24 Å². The first-order valence-electron chi connectivity index (χ1n) is 5.90. The molecule has 0 spiro atoms. The lowest BCUT2D eigenvalue weighted by Crippen LogP contribution is -3.00. The number of nitrogens with zero attached hydrogens (tertiary/aromatic N) is 2. The number of alkyl halides is 2. The van der Waals surface area contributed by atoms with Crippen molar-refractivity contribution in [1.82, 2.24) is 3.94 Å². The lowest BCUT2D eigenvalue weighted by Gasteiger charge is -2.42. The Bertz CT molecular complexity index is 263. The molecule has 1 rings (SSSR count). The minimum Gasteiger partial charge on any atom is -1.00 e. The first-order valence-corrected chi connectivity index (χ1v) is 6.57. The SMILES string of the molecule is CC(C)(CC[N+]1(C)CCC(F)(F)CC1)N(Cl)Cl.[Cl-]. The smallest absolute Gasteiger partial charge is 0.258 e. The van der Waals surface area contributed by atoms with Gasteiger partial charge in [0.25, 0.3) is 5.92 Å². The van der Waals surface area contributed by atoms with E-state index < -0.39 is 5.92 Å². The maximum absolute atomic E-state index is 13.1. The number of likely N-dealkylation sites (tertiary alicyclic amines) is 1. The van der Waals surface area contributed by atoms with E-state index in [-0.39, 0.29) is 30.8 Å². The van der Waals surface area contributed by atoms with Gasteiger partial charge < -0.3 is 16.9 Å². The van der Waals surface area contributed by atoms with Crippen molar-refractivity contribution in [3.63, 3.8) is 0 Å². The van der Waals surface area contributed by atoms with Crippen LogP contribution in [0.2, 0.25) is 0 Å². The van der Waals surface area contributed by atoms with Gasteiger partial charge in [-0.2, -0.15) is 0 Å². The molecule has 18 heavy (non-hydrogen) atoms. The van der Waals surface area contributed by atoms with Gasteiger partial charge in [0, 0.05) is 6.42 Å². The molecule has 0 atom stereocenters. The summed E-state index contributed by atoms with van der Waals surface area (Å²) in [7, 11) is 2.03. The van der Waals surface area contributed by atoms with E-state index in [0.29, 0.717) is 17.6 Å². The molecular weight excluding hydrogens is 304 g/mol. The Kier molecular flexibility index (Phi) is 6.63. The second-order valence-corrected chi connectivity index (χ2v) is 6.79. The summed E-state index contributed by atoms with van der Waals surface area (Å²) in [5.41, 5.74) is -0.329. The summed E-state index contributed by atoms with van der Waals surface area (Å²) in [6, 6.07) is 0. The third-order valence-electron chi connectivity index (χ3n) is 3.76. The largest absolute Gasteiger partial charge is 1.00 e. The van der Waals surface area contributed by atoms with E-state index in [1.165, 1.54) is 0 Å². The van der Waals surface area contributed by atoms with Crippen molar-refractivity contribution in [2.24, 2.45) is 0 Å². The van der Waals surface area contributed by atoms with Crippen LogP contribution < -0.4 is 12.4 Å². The number of hydrogen-bond acceptors (Lipinski definition) is 1. The van der Waals surface area contributed by atoms with E-state index in [1.807, 2.05) is 20.9 Å². The molecule has 1 aliphatic rings. The molecule has 0 aromatic carbocycles. The zero-order valence-corrected chi connectivity index (χ0v) is 13.3. The number of hydrogen-bond donors (Lipinski definition) is 0. The van der Waals surface area contributed by atoms with Crippen LogP contribution in [-0.2, 0) is 0 Å². The first-order chi connectivity index (χ1) is 7.56. The van der Waals surface area contributed by atoms with Gasteiger partial charge in [0.2, 0.25) is 0 Å². The third kappa shape index (κ3) is 5.33. The van der Waals surface area contributed by atoms with Gasteiger partial charge in [-0.25, -0.2) is 8.78 Å². The molecular formula is C11H21Cl3F2N2. The van der Waals surface area contributed by atoms with Crippen LogP contribution in [0.4, 0.5) is 8.78 Å². The van der Waals surface area contributed by atoms with Crippen LogP contribution >= 0.6 is 23.6 Å². The van der Waals surface area contributed by atoms with Gasteiger partial charge in [-0.1, -0.05) is 0 Å². The second-order valence-electron chi connectivity index (χ2n) is 5.94. The number of rotatable bonds is 4. The predicted octanol–water partition coefficient (Wildman–Crippen LogP) is 0.644. The van der Waals surface area contributed by atoms with E-state index in [0.717, 1.165) is 16.9 Å². The molecule has 0 radical (unpaired) electrons. The van der Waals surface area contributed by atoms with Gasteiger partial charge in [0.05, 0.1) is 45.1 Å². The van der Waals surface area contributed by atoms with Crippen molar-refractivity contribution < 1.29 is 25.7 Å². The summed E-state index contributed by atoms with van der Waals surface area (Å²) in [5, 5.41) is 0. The van der Waals surface area contributed by atoms with E-state index >= 15 is 0 Å². The maximum Gasteiger partial charge on any atom is 0.258 e. The number of halogens is 5. The van der Waals surface area contributed by atoms with Crippen LogP contribution in [0, 0.1) is 0 Å². The highest BCUT2D eigenvalue weighted by atomic mass is 35.5. The van der Waals surface area contributed by atoms with Crippen LogP contribution in [0.1, 0.15) is 33.1 Å². The van der Waals surface area contributed by atoms with Crippen molar-refractivity contribution in [1.29, 1.82) is 0 Å². The summed E-state index contributed by atoms with van der Waals surface area (Å²) in [6.07, 6.45) is 0.743. The molecule has 0 bridgehead atoms. The van der Waals surface area contributed by atoms with Crippen molar-refractivity contribution in [3.05, 3.63) is 0 Å². The molecule has 0 aliphatic carbocycles. The van der Waals surface area contributed by atoms with Crippen molar-refractivity contribution >= 4 is 23.6 Å². The van der Waals surface area contributed by atoms with Crippen molar-refractivity contribution in [2.75, 3.05) is 26.7 Å². The average molecular weight is 326 g/mol. The van der Waals surface area contributed by atoms with Crippen LogP contribution in [-0.4, -0.2) is 46.6 Å². The normalized spacial score (nSPS) is 22.7. The molecule has 0 unspecified atom stereocenters. The predicted molar refractivity (Wildman–Crippen MR) is 67.2 cm³/mol. The molecule has 1 heterocycles. The number of quaternary nitrogens is 1. The van der Waals surface area contributed by atoms with E-state index in [1.54, 1.807) is 0 Å². The Morgan fingerprint density at radius 2 is 1.67 bits per heavy atom. The minimum absolute atomic E-state index is 0. The summed E-state index contributed by atoms with van der Waals surface area (Å²) in [5.74, 6) is -2.47. The zero-order valence-electron chi connectivity index (χ0n) is 11.0. The van der Waals surface area contributed by atoms with E-state index in [4.69, 9.17) is 23.6 Å². The molecule has 0 amide bonds. The highest BCUT2D eigenvalue weighted by molar-refractivity contribution is 6.34. The summed E-state index contributed by atoms with van der Waals surface area (Å²) < 4.78 is 28.0. The molecule has 2 nitrogen and oxygen atoms in total. The summed E-state index contributed by atoms with van der Waals surface area (Å²) in [6.45, 7) is 5.75. The molecule has 0 aromatic heterocycles. The van der Waals surface area contributed by atoms with E-state index in [9.17, 15) is 8.78 Å². The Morgan fingerprint density at radius 3 is 2.06 bits per heavy atom. The Morgan fingerprint density at radius 1 is 1.22 bits per heavy atom. The Labute approximate surface area is 124 Å². The van der Waals surface area contributed by atoms with Gasteiger partial charge in [-0.3, -0.25) is 0 Å². The van der Waals surface area contributed by atoms with Crippen LogP contribution in [0.5, 0.6) is 0 Å². The molecule has 0 aromatic rings. The van der Waals surface area contributed by atoms with Crippen LogP contribution in [0.3, 0.4) is 0 Å². The lowest BCUT2D eigenvalue weighted by molar-refractivity contribution is -0.917. The van der Waals surface area contributed by atoms with E-state index in [2.05, 4.69) is 0 Å². The monoisotopic (exact) mass is 324 g/mol. The first kappa shape index (κ1) is 18.7. The summed E-state index contributed by atoms with van der Waals surface area (Å²) >= 11 is 11.5. The second kappa shape index (κ2) is 6.40. The van der Waals surface area contributed by atoms with Crippen LogP contribution in [0.15, 0.2) is 0 Å². The molecule has 110 valence electrons. The fraction of sp³-hybridized carbons (Fsp3) is 1.00. The Hall–Kier alpha value is 0.650. The highest BCUT2D eigenvalue weighted by Crippen LogP contribution is 2.32. The van der Waals surface area contributed by atoms with Crippen molar-refractivity contribution in [2.45, 2.75) is 44.6 Å². The number of piperidine rings is 1. The van der Waals surface area contributed by atoms with Gasteiger partial charge in [-0.15, -0.1) is 3.94 Å². The highest BCUT2D eigenvalue weighted by Gasteiger charge is 2.41. The average Bonchev–Trinajstić information content (AvgIpc) is 2.21. The molecule has 7 heteroatoms. The minimum atomic E-state index is -2.47. The zero-order chi connectivity index (χ0) is 13.3. The van der Waals surface area contributed by atoms with Crippen molar-refractivity contribution in [3.8, 4) is 0 Å². The van der Waals surface area contributed by atoms with Gasteiger partial charge >= 0.3 is 0 Å². The fourth-order valence-electron chi connectivity index (χ4n) is 1.96. The van der Waals surface area contributed by atoms with Crippen LogP contribution in [0.25, 0.3) is 0 Å². The van der Waals surface area contributed by atoms with Gasteiger partial charge in [0.15, 0.2) is 0 Å². The molecule has 0 saturated carbocycles. The molecule has 1 aliphatic heterocycles.